The van der Waals surface area contributed by atoms with Gasteiger partial charge in [0.1, 0.15) is 11.5 Å². The number of para-hydroxylation sites is 1. The standard InChI is InChI=1S/C24H21F3O3/c1-23(2)12-19(29)22-17(16-5-3-4-6-20(16)30-21(22)13-23)11-18(28)14-7-9-15(10-8-14)24(25,26)27/h3-10,17H,11-13H2,1-2H3. The predicted molar refractivity (Wildman–Crippen MR) is 105 cm³/mol. The highest BCUT2D eigenvalue weighted by Crippen LogP contribution is 2.49. The fraction of sp³-hybridized carbons (Fsp3) is 0.333. The molecule has 1 atom stereocenters. The van der Waals surface area contributed by atoms with Crippen molar-refractivity contribution in [1.29, 1.82) is 0 Å². The molecule has 6 heteroatoms. The van der Waals surface area contributed by atoms with Crippen LogP contribution in [-0.4, -0.2) is 11.6 Å². The molecule has 4 rings (SSSR count). The highest BCUT2D eigenvalue weighted by atomic mass is 19.4. The second-order valence-electron chi connectivity index (χ2n) is 8.67. The molecule has 0 spiro atoms. The molecule has 1 aliphatic carbocycles. The Bertz CT molecular complexity index is 1050. The van der Waals surface area contributed by atoms with E-state index in [1.165, 1.54) is 12.1 Å². The zero-order valence-electron chi connectivity index (χ0n) is 16.7. The lowest BCUT2D eigenvalue weighted by molar-refractivity contribution is -0.137. The van der Waals surface area contributed by atoms with Gasteiger partial charge in [-0.25, -0.2) is 0 Å². The summed E-state index contributed by atoms with van der Waals surface area (Å²) in [6.07, 6.45) is -3.51. The SMILES string of the molecule is CC1(C)CC(=O)C2=C(C1)Oc1ccccc1C2CC(=O)c1ccc(C(F)(F)F)cc1. The fourth-order valence-corrected chi connectivity index (χ4v) is 4.27. The first kappa shape index (κ1) is 20.4. The monoisotopic (exact) mass is 414 g/mol. The Morgan fingerprint density at radius 2 is 1.73 bits per heavy atom. The first-order valence-electron chi connectivity index (χ1n) is 9.79. The van der Waals surface area contributed by atoms with Gasteiger partial charge in [-0.3, -0.25) is 9.59 Å². The number of ether oxygens (including phenoxy) is 1. The molecule has 1 heterocycles. The third-order valence-corrected chi connectivity index (χ3v) is 5.68. The van der Waals surface area contributed by atoms with Crippen LogP contribution in [0.1, 0.15) is 60.5 Å². The van der Waals surface area contributed by atoms with Crippen LogP contribution in [0.5, 0.6) is 5.75 Å². The first-order valence-corrected chi connectivity index (χ1v) is 9.79. The third kappa shape index (κ3) is 3.78. The van der Waals surface area contributed by atoms with Crippen molar-refractivity contribution in [3.05, 3.63) is 76.6 Å². The lowest BCUT2D eigenvalue weighted by Gasteiger charge is -2.38. The van der Waals surface area contributed by atoms with E-state index in [1.54, 1.807) is 6.07 Å². The number of rotatable bonds is 3. The summed E-state index contributed by atoms with van der Waals surface area (Å²) in [6.45, 7) is 4.00. The van der Waals surface area contributed by atoms with Gasteiger partial charge < -0.3 is 4.74 Å². The summed E-state index contributed by atoms with van der Waals surface area (Å²) in [5.74, 6) is 0.395. The van der Waals surface area contributed by atoms with Crippen LogP contribution < -0.4 is 4.74 Å². The Morgan fingerprint density at radius 3 is 2.40 bits per heavy atom. The van der Waals surface area contributed by atoms with E-state index < -0.39 is 17.7 Å². The number of alkyl halides is 3. The Labute approximate surface area is 172 Å². The smallest absolute Gasteiger partial charge is 0.416 e. The van der Waals surface area contributed by atoms with E-state index in [0.29, 0.717) is 29.9 Å². The first-order chi connectivity index (χ1) is 14.0. The number of carbonyl (C=O) groups is 2. The van der Waals surface area contributed by atoms with E-state index in [0.717, 1.165) is 17.7 Å². The Morgan fingerprint density at radius 1 is 1.07 bits per heavy atom. The Balaban J connectivity index is 1.68. The molecule has 0 aromatic heterocycles. The summed E-state index contributed by atoms with van der Waals surface area (Å²) in [5.41, 5.74) is 0.435. The molecule has 2 aliphatic rings. The van der Waals surface area contributed by atoms with Gasteiger partial charge in [0.2, 0.25) is 0 Å². The van der Waals surface area contributed by atoms with Crippen molar-refractivity contribution >= 4 is 11.6 Å². The molecule has 0 radical (unpaired) electrons. The minimum absolute atomic E-state index is 0.00323. The Kier molecular flexibility index (Phi) is 4.83. The summed E-state index contributed by atoms with van der Waals surface area (Å²) < 4.78 is 44.5. The quantitative estimate of drug-likeness (QED) is 0.570. The maximum Gasteiger partial charge on any atom is 0.416 e. The number of carbonyl (C=O) groups excluding carboxylic acids is 2. The Hall–Kier alpha value is -2.89. The molecule has 2 aromatic carbocycles. The molecule has 0 fully saturated rings. The summed E-state index contributed by atoms with van der Waals surface area (Å²) in [6, 6.07) is 11.5. The fourth-order valence-electron chi connectivity index (χ4n) is 4.27. The molecule has 0 saturated carbocycles. The van der Waals surface area contributed by atoms with Crippen LogP contribution in [0.15, 0.2) is 59.9 Å². The van der Waals surface area contributed by atoms with Crippen LogP contribution in [0.3, 0.4) is 0 Å². The lowest BCUT2D eigenvalue weighted by Crippen LogP contribution is -2.33. The molecule has 1 aliphatic heterocycles. The second kappa shape index (κ2) is 7.11. The summed E-state index contributed by atoms with van der Waals surface area (Å²) >= 11 is 0. The van der Waals surface area contributed by atoms with Gasteiger partial charge in [-0.05, 0) is 23.6 Å². The van der Waals surface area contributed by atoms with E-state index in [-0.39, 0.29) is 29.0 Å². The number of allylic oxidation sites excluding steroid dienone is 2. The van der Waals surface area contributed by atoms with Gasteiger partial charge in [0.05, 0.1) is 5.56 Å². The summed E-state index contributed by atoms with van der Waals surface area (Å²) in [4.78, 5) is 25.9. The zero-order valence-corrected chi connectivity index (χ0v) is 16.7. The second-order valence-corrected chi connectivity index (χ2v) is 8.67. The van der Waals surface area contributed by atoms with Gasteiger partial charge in [-0.1, -0.05) is 44.2 Å². The third-order valence-electron chi connectivity index (χ3n) is 5.68. The molecule has 156 valence electrons. The minimum Gasteiger partial charge on any atom is -0.461 e. The molecular formula is C24H21F3O3. The van der Waals surface area contributed by atoms with Gasteiger partial charge in [0.15, 0.2) is 11.6 Å². The number of fused-ring (bicyclic) bond motifs is 1. The van der Waals surface area contributed by atoms with E-state index in [1.807, 2.05) is 32.0 Å². The number of ketones is 2. The van der Waals surface area contributed by atoms with Crippen molar-refractivity contribution in [2.75, 3.05) is 0 Å². The highest BCUT2D eigenvalue weighted by Gasteiger charge is 2.42. The molecule has 30 heavy (non-hydrogen) atoms. The maximum absolute atomic E-state index is 13.0. The van der Waals surface area contributed by atoms with E-state index in [4.69, 9.17) is 4.74 Å². The van der Waals surface area contributed by atoms with Crippen LogP contribution in [-0.2, 0) is 11.0 Å². The largest absolute Gasteiger partial charge is 0.461 e. The van der Waals surface area contributed by atoms with Crippen molar-refractivity contribution in [2.45, 2.75) is 45.2 Å². The number of halogens is 3. The number of hydrogen-bond donors (Lipinski definition) is 0. The average Bonchev–Trinajstić information content (AvgIpc) is 2.66. The molecule has 2 aromatic rings. The number of Topliss-reactive ketones (excluding diaryl/α,β-unsaturated/α-hetero) is 2. The normalized spacial score (nSPS) is 20.3. The van der Waals surface area contributed by atoms with Gasteiger partial charge >= 0.3 is 6.18 Å². The predicted octanol–water partition coefficient (Wildman–Crippen LogP) is 6.10. The van der Waals surface area contributed by atoms with Crippen LogP contribution >= 0.6 is 0 Å². The van der Waals surface area contributed by atoms with E-state index in [2.05, 4.69) is 0 Å². The molecule has 1 unspecified atom stereocenters. The average molecular weight is 414 g/mol. The van der Waals surface area contributed by atoms with Crippen LogP contribution in [0.25, 0.3) is 0 Å². The summed E-state index contributed by atoms with van der Waals surface area (Å²) in [5, 5.41) is 0. The molecule has 0 N–H and O–H groups in total. The minimum atomic E-state index is -4.46. The molecular weight excluding hydrogens is 393 g/mol. The van der Waals surface area contributed by atoms with Crippen LogP contribution in [0, 0.1) is 5.41 Å². The van der Waals surface area contributed by atoms with Crippen molar-refractivity contribution < 1.29 is 27.5 Å². The maximum atomic E-state index is 13.0. The van der Waals surface area contributed by atoms with Crippen LogP contribution in [0.4, 0.5) is 13.2 Å². The molecule has 0 bridgehead atoms. The molecule has 0 amide bonds. The highest BCUT2D eigenvalue weighted by molar-refractivity contribution is 6.02. The topological polar surface area (TPSA) is 43.4 Å². The number of benzene rings is 2. The summed E-state index contributed by atoms with van der Waals surface area (Å²) in [7, 11) is 0. The van der Waals surface area contributed by atoms with Crippen molar-refractivity contribution in [1.82, 2.24) is 0 Å². The van der Waals surface area contributed by atoms with E-state index in [9.17, 15) is 22.8 Å². The van der Waals surface area contributed by atoms with E-state index >= 15 is 0 Å². The van der Waals surface area contributed by atoms with Crippen molar-refractivity contribution in [3.8, 4) is 5.75 Å². The van der Waals surface area contributed by atoms with Gasteiger partial charge in [-0.2, -0.15) is 13.2 Å². The van der Waals surface area contributed by atoms with Gasteiger partial charge in [0.25, 0.3) is 0 Å². The zero-order chi connectivity index (χ0) is 21.7. The van der Waals surface area contributed by atoms with Crippen LogP contribution in [0.2, 0.25) is 0 Å². The van der Waals surface area contributed by atoms with Gasteiger partial charge in [0, 0.05) is 41.9 Å². The van der Waals surface area contributed by atoms with Gasteiger partial charge in [-0.15, -0.1) is 0 Å². The molecule has 3 nitrogen and oxygen atoms in total. The molecule has 0 saturated heterocycles. The lowest BCUT2D eigenvalue weighted by atomic mass is 9.70. The van der Waals surface area contributed by atoms with Crippen molar-refractivity contribution in [3.63, 3.8) is 0 Å². The van der Waals surface area contributed by atoms with Crippen molar-refractivity contribution in [2.24, 2.45) is 5.41 Å². The number of hydrogen-bond acceptors (Lipinski definition) is 3.